The number of thioether (sulfide) groups is 1. The van der Waals surface area contributed by atoms with Gasteiger partial charge in [-0.25, -0.2) is 4.98 Å². The van der Waals surface area contributed by atoms with Crippen LogP contribution in [0.25, 0.3) is 10.2 Å². The van der Waals surface area contributed by atoms with Gasteiger partial charge in [-0.3, -0.25) is 9.36 Å². The molecule has 2 aromatic heterocycles. The zero-order chi connectivity index (χ0) is 18.8. The van der Waals surface area contributed by atoms with Gasteiger partial charge in [-0.1, -0.05) is 23.9 Å². The van der Waals surface area contributed by atoms with Crippen molar-refractivity contribution in [1.29, 1.82) is 5.26 Å². The minimum atomic E-state index is 0.0544. The summed E-state index contributed by atoms with van der Waals surface area (Å²) in [5.41, 5.74) is 3.01. The fourth-order valence-corrected chi connectivity index (χ4v) is 5.66. The summed E-state index contributed by atoms with van der Waals surface area (Å²) in [5, 5.41) is 10.5. The molecule has 3 aromatic rings. The summed E-state index contributed by atoms with van der Waals surface area (Å²) in [7, 11) is 1.64. The van der Waals surface area contributed by atoms with Crippen LogP contribution >= 0.6 is 23.1 Å². The number of benzene rings is 1. The van der Waals surface area contributed by atoms with E-state index in [9.17, 15) is 4.79 Å². The second-order valence-corrected chi connectivity index (χ2v) is 8.50. The first kappa shape index (κ1) is 18.2. The first-order chi connectivity index (χ1) is 13.2. The van der Waals surface area contributed by atoms with Gasteiger partial charge in [-0.05, 0) is 42.5 Å². The molecule has 138 valence electrons. The van der Waals surface area contributed by atoms with E-state index in [2.05, 4.69) is 6.07 Å². The number of nitriles is 1. The topological polar surface area (TPSA) is 67.9 Å². The van der Waals surface area contributed by atoms with Crippen molar-refractivity contribution in [3.8, 4) is 6.07 Å². The largest absolute Gasteiger partial charge is 0.383 e. The number of ether oxygens (including phenoxy) is 1. The van der Waals surface area contributed by atoms with Crippen LogP contribution in [0.4, 0.5) is 0 Å². The van der Waals surface area contributed by atoms with Crippen LogP contribution in [-0.2, 0) is 29.9 Å². The van der Waals surface area contributed by atoms with Gasteiger partial charge in [0.1, 0.15) is 4.83 Å². The first-order valence-corrected chi connectivity index (χ1v) is 10.7. The first-order valence-electron chi connectivity index (χ1n) is 8.87. The van der Waals surface area contributed by atoms with Crippen LogP contribution in [0.15, 0.2) is 34.2 Å². The maximum atomic E-state index is 13.2. The van der Waals surface area contributed by atoms with Crippen molar-refractivity contribution in [3.05, 3.63) is 56.2 Å². The predicted molar refractivity (Wildman–Crippen MR) is 108 cm³/mol. The molecule has 5 nitrogen and oxygen atoms in total. The second kappa shape index (κ2) is 7.85. The van der Waals surface area contributed by atoms with Gasteiger partial charge in [0.25, 0.3) is 5.56 Å². The standard InChI is InChI=1S/C20H19N3O2S2/c1-25-10-9-23-19(24)17-15-3-2-4-16(15)27-18(17)22-20(23)26-12-14-7-5-13(11-21)6-8-14/h5-8H,2-4,9-10,12H2,1H3. The highest BCUT2D eigenvalue weighted by Crippen LogP contribution is 2.35. The molecule has 0 unspecified atom stereocenters. The van der Waals surface area contributed by atoms with Crippen molar-refractivity contribution in [2.45, 2.75) is 36.7 Å². The molecule has 0 spiro atoms. The Kier molecular flexibility index (Phi) is 5.30. The Morgan fingerprint density at radius 3 is 2.89 bits per heavy atom. The van der Waals surface area contributed by atoms with Crippen LogP contribution < -0.4 is 5.56 Å². The third-order valence-electron chi connectivity index (χ3n) is 4.76. The molecular weight excluding hydrogens is 378 g/mol. The second-order valence-electron chi connectivity index (χ2n) is 6.48. The molecule has 0 radical (unpaired) electrons. The maximum Gasteiger partial charge on any atom is 0.263 e. The molecule has 0 atom stereocenters. The van der Waals surface area contributed by atoms with E-state index in [4.69, 9.17) is 15.0 Å². The molecule has 1 aromatic carbocycles. The maximum absolute atomic E-state index is 13.2. The molecule has 7 heteroatoms. The summed E-state index contributed by atoms with van der Waals surface area (Å²) in [5.74, 6) is 0.696. The lowest BCUT2D eigenvalue weighted by Crippen LogP contribution is -2.25. The number of thiophene rings is 1. The van der Waals surface area contributed by atoms with Gasteiger partial charge in [0.15, 0.2) is 5.16 Å². The van der Waals surface area contributed by atoms with Gasteiger partial charge in [0.05, 0.1) is 30.2 Å². The summed E-state index contributed by atoms with van der Waals surface area (Å²) in [4.78, 5) is 20.2. The summed E-state index contributed by atoms with van der Waals surface area (Å²) in [6, 6.07) is 9.65. The molecule has 0 saturated heterocycles. The Hall–Kier alpha value is -2.14. The number of nitrogens with zero attached hydrogens (tertiary/aromatic N) is 3. The number of aryl methyl sites for hydroxylation is 2. The lowest BCUT2D eigenvalue weighted by atomic mass is 10.2. The zero-order valence-electron chi connectivity index (χ0n) is 15.0. The van der Waals surface area contributed by atoms with Crippen molar-refractivity contribution in [2.75, 3.05) is 13.7 Å². The van der Waals surface area contributed by atoms with Crippen LogP contribution in [0.1, 0.15) is 28.0 Å². The monoisotopic (exact) mass is 397 g/mol. The SMILES string of the molecule is COCCn1c(SCc2ccc(C#N)cc2)nc2sc3c(c2c1=O)CCC3. The van der Waals surface area contributed by atoms with E-state index >= 15 is 0 Å². The Balaban J connectivity index is 1.69. The van der Waals surface area contributed by atoms with E-state index in [0.717, 1.165) is 40.2 Å². The lowest BCUT2D eigenvalue weighted by molar-refractivity contribution is 0.183. The zero-order valence-corrected chi connectivity index (χ0v) is 16.7. The predicted octanol–water partition coefficient (Wildman–Crippen LogP) is 3.76. The quantitative estimate of drug-likeness (QED) is 0.468. The van der Waals surface area contributed by atoms with Crippen molar-refractivity contribution in [2.24, 2.45) is 0 Å². The minimum absolute atomic E-state index is 0.0544. The smallest absolute Gasteiger partial charge is 0.263 e. The molecule has 0 amide bonds. The minimum Gasteiger partial charge on any atom is -0.383 e. The van der Waals surface area contributed by atoms with Crippen molar-refractivity contribution < 1.29 is 4.74 Å². The van der Waals surface area contributed by atoms with Gasteiger partial charge in [-0.2, -0.15) is 5.26 Å². The highest BCUT2D eigenvalue weighted by molar-refractivity contribution is 7.98. The Morgan fingerprint density at radius 1 is 1.33 bits per heavy atom. The Bertz CT molecular complexity index is 1080. The molecule has 4 rings (SSSR count). The number of fused-ring (bicyclic) bond motifs is 3. The van der Waals surface area contributed by atoms with Crippen LogP contribution in [0.3, 0.4) is 0 Å². The normalized spacial score (nSPS) is 13.0. The van der Waals surface area contributed by atoms with E-state index in [1.807, 2.05) is 24.3 Å². The highest BCUT2D eigenvalue weighted by Gasteiger charge is 2.23. The molecular formula is C20H19N3O2S2. The van der Waals surface area contributed by atoms with Crippen LogP contribution in [0, 0.1) is 11.3 Å². The third-order valence-corrected chi connectivity index (χ3v) is 6.99. The van der Waals surface area contributed by atoms with Gasteiger partial charge in [0, 0.05) is 17.7 Å². The van der Waals surface area contributed by atoms with Gasteiger partial charge < -0.3 is 4.74 Å². The molecule has 0 aliphatic heterocycles. The van der Waals surface area contributed by atoms with E-state index in [1.54, 1.807) is 34.8 Å². The van der Waals surface area contributed by atoms with E-state index in [0.29, 0.717) is 24.5 Å². The summed E-state index contributed by atoms with van der Waals surface area (Å²) in [6.45, 7) is 0.975. The fourth-order valence-electron chi connectivity index (χ4n) is 3.37. The molecule has 0 saturated carbocycles. The molecule has 0 fully saturated rings. The number of rotatable bonds is 6. The van der Waals surface area contributed by atoms with Crippen molar-refractivity contribution in [3.63, 3.8) is 0 Å². The summed E-state index contributed by atoms with van der Waals surface area (Å²) in [6.07, 6.45) is 3.17. The van der Waals surface area contributed by atoms with Crippen LogP contribution in [0.2, 0.25) is 0 Å². The van der Waals surface area contributed by atoms with Crippen molar-refractivity contribution in [1.82, 2.24) is 9.55 Å². The highest BCUT2D eigenvalue weighted by atomic mass is 32.2. The van der Waals surface area contributed by atoms with Crippen LogP contribution in [0.5, 0.6) is 0 Å². The van der Waals surface area contributed by atoms with E-state index in [-0.39, 0.29) is 5.56 Å². The Labute approximate surface area is 165 Å². The molecule has 1 aliphatic carbocycles. The number of hydrogen-bond acceptors (Lipinski definition) is 6. The van der Waals surface area contributed by atoms with Gasteiger partial charge in [0.2, 0.25) is 0 Å². The Morgan fingerprint density at radius 2 is 2.15 bits per heavy atom. The van der Waals surface area contributed by atoms with Crippen LogP contribution in [-0.4, -0.2) is 23.3 Å². The molecule has 2 heterocycles. The van der Waals surface area contributed by atoms with E-state index < -0.39 is 0 Å². The van der Waals surface area contributed by atoms with Crippen molar-refractivity contribution >= 4 is 33.3 Å². The molecule has 0 N–H and O–H groups in total. The average Bonchev–Trinajstić information content (AvgIpc) is 3.27. The summed E-state index contributed by atoms with van der Waals surface area (Å²) < 4.78 is 6.96. The fraction of sp³-hybridized carbons (Fsp3) is 0.350. The van der Waals surface area contributed by atoms with E-state index in [1.165, 1.54) is 10.4 Å². The average molecular weight is 398 g/mol. The molecule has 1 aliphatic rings. The lowest BCUT2D eigenvalue weighted by Gasteiger charge is -2.12. The van der Waals surface area contributed by atoms with Gasteiger partial charge in [-0.15, -0.1) is 11.3 Å². The third kappa shape index (κ3) is 3.53. The number of hydrogen-bond donors (Lipinski definition) is 0. The molecule has 0 bridgehead atoms. The van der Waals surface area contributed by atoms with Gasteiger partial charge >= 0.3 is 0 Å². The number of methoxy groups -OCH3 is 1. The summed E-state index contributed by atoms with van der Waals surface area (Å²) >= 11 is 3.22. The number of aromatic nitrogens is 2. The molecule has 27 heavy (non-hydrogen) atoms.